The third-order valence-electron chi connectivity index (χ3n) is 3.54. The quantitative estimate of drug-likeness (QED) is 0.374. The highest BCUT2D eigenvalue weighted by Gasteiger charge is 2.27. The van der Waals surface area contributed by atoms with E-state index < -0.39 is 0 Å². The highest BCUT2D eigenvalue weighted by Crippen LogP contribution is 2.20. The van der Waals surface area contributed by atoms with Crippen molar-refractivity contribution in [2.75, 3.05) is 13.1 Å². The maximum Gasteiger partial charge on any atom is 0.289 e. The molecule has 1 aliphatic heterocycles. The van der Waals surface area contributed by atoms with Gasteiger partial charge < -0.3 is 20.3 Å². The minimum Gasteiger partial charge on any atom is -0.456 e. The summed E-state index contributed by atoms with van der Waals surface area (Å²) in [5, 5.41) is 11.7. The van der Waals surface area contributed by atoms with Crippen LogP contribution in [-0.4, -0.2) is 34.9 Å². The van der Waals surface area contributed by atoms with Crippen molar-refractivity contribution in [1.82, 2.24) is 4.90 Å². The van der Waals surface area contributed by atoms with E-state index in [-0.39, 0.29) is 17.7 Å². The van der Waals surface area contributed by atoms with Gasteiger partial charge in [0, 0.05) is 25.4 Å². The van der Waals surface area contributed by atoms with Gasteiger partial charge in [-0.2, -0.15) is 0 Å². The van der Waals surface area contributed by atoms with Gasteiger partial charge in [-0.05, 0) is 25.0 Å². The van der Waals surface area contributed by atoms with E-state index in [2.05, 4.69) is 5.16 Å². The number of amides is 1. The fourth-order valence-electron chi connectivity index (χ4n) is 2.30. The Labute approximate surface area is 111 Å². The minimum atomic E-state index is -0.0855. The van der Waals surface area contributed by atoms with E-state index in [9.17, 15) is 4.79 Å². The molecule has 0 bridgehead atoms. The standard InChI is InChI=1S/C13H19N3O3/c1-2-10-3-4-11(19-10)13(17)16-7-5-9(6-8-16)12(14)15-18/h3-4,9,18H,2,5-8H2,1H3,(H2,14,15). The van der Waals surface area contributed by atoms with Crippen molar-refractivity contribution in [2.45, 2.75) is 26.2 Å². The van der Waals surface area contributed by atoms with Gasteiger partial charge in [0.15, 0.2) is 5.76 Å². The minimum absolute atomic E-state index is 0.0526. The van der Waals surface area contributed by atoms with Crippen LogP contribution < -0.4 is 5.73 Å². The van der Waals surface area contributed by atoms with Crippen molar-refractivity contribution in [3.05, 3.63) is 23.7 Å². The summed E-state index contributed by atoms with van der Waals surface area (Å²) in [5.41, 5.74) is 5.58. The largest absolute Gasteiger partial charge is 0.456 e. The summed E-state index contributed by atoms with van der Waals surface area (Å²) in [5.74, 6) is 1.42. The molecule has 1 aliphatic rings. The number of amidine groups is 1. The molecule has 0 saturated carbocycles. The zero-order valence-corrected chi connectivity index (χ0v) is 11.0. The normalized spacial score (nSPS) is 17.7. The average Bonchev–Trinajstić information content (AvgIpc) is 2.94. The summed E-state index contributed by atoms with van der Waals surface area (Å²) in [6, 6.07) is 3.55. The van der Waals surface area contributed by atoms with Crippen LogP contribution in [0.25, 0.3) is 0 Å². The second kappa shape index (κ2) is 5.77. The van der Waals surface area contributed by atoms with E-state index in [0.29, 0.717) is 31.7 Å². The second-order valence-electron chi connectivity index (χ2n) is 4.71. The van der Waals surface area contributed by atoms with Crippen molar-refractivity contribution in [2.24, 2.45) is 16.8 Å². The smallest absolute Gasteiger partial charge is 0.289 e. The zero-order chi connectivity index (χ0) is 13.8. The third-order valence-corrected chi connectivity index (χ3v) is 3.54. The molecule has 6 nitrogen and oxygen atoms in total. The average molecular weight is 265 g/mol. The van der Waals surface area contributed by atoms with Gasteiger partial charge in [-0.15, -0.1) is 0 Å². The molecule has 3 N–H and O–H groups in total. The van der Waals surface area contributed by atoms with Crippen molar-refractivity contribution in [3.63, 3.8) is 0 Å². The first-order valence-electron chi connectivity index (χ1n) is 6.51. The summed E-state index contributed by atoms with van der Waals surface area (Å²) >= 11 is 0. The maximum absolute atomic E-state index is 12.2. The number of rotatable bonds is 3. The summed E-state index contributed by atoms with van der Waals surface area (Å²) in [6.07, 6.45) is 2.20. The van der Waals surface area contributed by atoms with Crippen LogP contribution in [0.3, 0.4) is 0 Å². The number of nitrogens with two attached hydrogens (primary N) is 1. The molecule has 104 valence electrons. The lowest BCUT2D eigenvalue weighted by Gasteiger charge is -2.30. The Kier molecular flexibility index (Phi) is 4.09. The van der Waals surface area contributed by atoms with Crippen LogP contribution >= 0.6 is 0 Å². The molecule has 0 unspecified atom stereocenters. The van der Waals surface area contributed by atoms with E-state index in [4.69, 9.17) is 15.4 Å². The van der Waals surface area contributed by atoms with Crippen LogP contribution in [0.15, 0.2) is 21.7 Å². The molecule has 2 heterocycles. The van der Waals surface area contributed by atoms with Crippen LogP contribution in [0.2, 0.25) is 0 Å². The second-order valence-corrected chi connectivity index (χ2v) is 4.71. The van der Waals surface area contributed by atoms with Crippen molar-refractivity contribution in [3.8, 4) is 0 Å². The number of hydrogen-bond donors (Lipinski definition) is 2. The van der Waals surface area contributed by atoms with Crippen LogP contribution in [0, 0.1) is 5.92 Å². The monoisotopic (exact) mass is 265 g/mol. The van der Waals surface area contributed by atoms with Gasteiger partial charge in [0.05, 0.1) is 0 Å². The maximum atomic E-state index is 12.2. The van der Waals surface area contributed by atoms with Gasteiger partial charge in [0.2, 0.25) is 0 Å². The summed E-state index contributed by atoms with van der Waals surface area (Å²) in [6.45, 7) is 3.18. The van der Waals surface area contributed by atoms with Crippen LogP contribution in [-0.2, 0) is 6.42 Å². The Morgan fingerprint density at radius 3 is 2.74 bits per heavy atom. The van der Waals surface area contributed by atoms with Crippen LogP contribution in [0.5, 0.6) is 0 Å². The lowest BCUT2D eigenvalue weighted by Crippen LogP contribution is -2.41. The van der Waals surface area contributed by atoms with Gasteiger partial charge in [0.1, 0.15) is 11.6 Å². The molecule has 1 amide bonds. The van der Waals surface area contributed by atoms with Crippen molar-refractivity contribution < 1.29 is 14.4 Å². The first-order chi connectivity index (χ1) is 9.15. The molecule has 1 aromatic heterocycles. The molecule has 19 heavy (non-hydrogen) atoms. The number of nitrogens with zero attached hydrogens (tertiary/aromatic N) is 2. The number of carbonyl (C=O) groups is 1. The van der Waals surface area contributed by atoms with Crippen LogP contribution in [0.4, 0.5) is 0 Å². The molecule has 0 radical (unpaired) electrons. The first-order valence-corrected chi connectivity index (χ1v) is 6.51. The van der Waals surface area contributed by atoms with Crippen molar-refractivity contribution >= 4 is 11.7 Å². The van der Waals surface area contributed by atoms with Gasteiger partial charge in [0.25, 0.3) is 5.91 Å². The molecule has 0 atom stereocenters. The summed E-state index contributed by atoms with van der Waals surface area (Å²) < 4.78 is 5.46. The molecule has 1 fully saturated rings. The summed E-state index contributed by atoms with van der Waals surface area (Å²) in [4.78, 5) is 13.9. The molecular weight excluding hydrogens is 246 g/mol. The van der Waals surface area contributed by atoms with E-state index in [1.165, 1.54) is 0 Å². The highest BCUT2D eigenvalue weighted by atomic mass is 16.4. The first kappa shape index (κ1) is 13.5. The van der Waals surface area contributed by atoms with Gasteiger partial charge in [-0.25, -0.2) is 0 Å². The number of piperidine rings is 1. The predicted octanol–water partition coefficient (Wildman–Crippen LogP) is 1.44. The van der Waals surface area contributed by atoms with Crippen molar-refractivity contribution in [1.29, 1.82) is 0 Å². The molecule has 1 saturated heterocycles. The van der Waals surface area contributed by atoms with Gasteiger partial charge in [-0.1, -0.05) is 12.1 Å². The summed E-state index contributed by atoms with van der Waals surface area (Å²) in [7, 11) is 0. The third kappa shape index (κ3) is 2.89. The number of likely N-dealkylation sites (tertiary alicyclic amines) is 1. The SMILES string of the molecule is CCc1ccc(C(=O)N2CCC(C(N)=NO)CC2)o1. The molecule has 0 spiro atoms. The highest BCUT2D eigenvalue weighted by molar-refractivity contribution is 5.92. The molecule has 0 aromatic carbocycles. The Balaban J connectivity index is 1.96. The molecular formula is C13H19N3O3. The number of aryl methyl sites for hydroxylation is 1. The van der Waals surface area contributed by atoms with E-state index >= 15 is 0 Å². The molecule has 2 rings (SSSR count). The van der Waals surface area contributed by atoms with Gasteiger partial charge in [-0.3, -0.25) is 4.79 Å². The topological polar surface area (TPSA) is 92.1 Å². The Hall–Kier alpha value is -1.98. The Morgan fingerprint density at radius 1 is 1.53 bits per heavy atom. The fourth-order valence-corrected chi connectivity index (χ4v) is 2.30. The number of furan rings is 1. The van der Waals surface area contributed by atoms with E-state index in [1.807, 2.05) is 13.0 Å². The number of oxime groups is 1. The molecule has 1 aromatic rings. The van der Waals surface area contributed by atoms with Gasteiger partial charge >= 0.3 is 0 Å². The predicted molar refractivity (Wildman–Crippen MR) is 70.1 cm³/mol. The van der Waals surface area contributed by atoms with Crippen LogP contribution in [0.1, 0.15) is 36.1 Å². The molecule has 0 aliphatic carbocycles. The number of hydrogen-bond acceptors (Lipinski definition) is 4. The lowest BCUT2D eigenvalue weighted by atomic mass is 9.96. The fraction of sp³-hybridized carbons (Fsp3) is 0.538. The Bertz CT molecular complexity index is 473. The lowest BCUT2D eigenvalue weighted by molar-refractivity contribution is 0.0675. The van der Waals surface area contributed by atoms with E-state index in [1.54, 1.807) is 11.0 Å². The van der Waals surface area contributed by atoms with E-state index in [0.717, 1.165) is 12.2 Å². The molecule has 6 heteroatoms. The number of carbonyl (C=O) groups excluding carboxylic acids is 1. The zero-order valence-electron chi connectivity index (χ0n) is 11.0. The Morgan fingerprint density at radius 2 is 2.21 bits per heavy atom.